The summed E-state index contributed by atoms with van der Waals surface area (Å²) in [6.07, 6.45) is -1.17. The zero-order valence-electron chi connectivity index (χ0n) is 10.2. The van der Waals surface area contributed by atoms with Gasteiger partial charge in [0.1, 0.15) is 24.9 Å². The molecule has 0 aromatic carbocycles. The van der Waals surface area contributed by atoms with Crippen LogP contribution in [0.1, 0.15) is 20.8 Å². The topological polar surface area (TPSA) is 66.4 Å². The molecule has 98 valence electrons. The Kier molecular flexibility index (Phi) is 2.52. The number of hydrogen-bond acceptors (Lipinski definition) is 6. The Morgan fingerprint density at radius 3 is 2.76 bits per heavy atom. The third-order valence-electron chi connectivity index (χ3n) is 3.36. The number of aliphatic hydroxyl groups excluding tert-OH is 1. The third-order valence-corrected chi connectivity index (χ3v) is 3.36. The van der Waals surface area contributed by atoms with E-state index in [4.69, 9.17) is 23.7 Å². The number of ether oxygens (including phenoxy) is 5. The minimum absolute atomic E-state index is 0.160. The van der Waals surface area contributed by atoms with Crippen LogP contribution in [0.2, 0.25) is 0 Å². The molecule has 5 atom stereocenters. The van der Waals surface area contributed by atoms with Gasteiger partial charge in [-0.05, 0) is 20.8 Å². The highest BCUT2D eigenvalue weighted by Crippen LogP contribution is 2.45. The van der Waals surface area contributed by atoms with Crippen LogP contribution in [0.3, 0.4) is 0 Å². The lowest BCUT2D eigenvalue weighted by Gasteiger charge is -2.39. The van der Waals surface area contributed by atoms with Crippen LogP contribution in [-0.2, 0) is 23.7 Å². The lowest BCUT2D eigenvalue weighted by molar-refractivity contribution is -0.294. The van der Waals surface area contributed by atoms with Crippen LogP contribution in [0, 0.1) is 0 Å². The Hall–Kier alpha value is -0.240. The predicted molar refractivity (Wildman–Crippen MR) is 55.0 cm³/mol. The minimum Gasteiger partial charge on any atom is -0.391 e. The maximum Gasteiger partial charge on any atom is 0.224 e. The van der Waals surface area contributed by atoms with Gasteiger partial charge in [-0.1, -0.05) is 0 Å². The molecule has 0 saturated carbocycles. The number of aliphatic hydroxyl groups is 1. The van der Waals surface area contributed by atoms with Crippen molar-refractivity contribution >= 4 is 0 Å². The SMILES string of the molecule is CC1OC2C3OC(C)(C)O[C@]3(CO)OC[C@H]2O1. The van der Waals surface area contributed by atoms with E-state index in [0.717, 1.165) is 0 Å². The van der Waals surface area contributed by atoms with E-state index in [2.05, 4.69) is 0 Å². The Morgan fingerprint density at radius 2 is 2.06 bits per heavy atom. The average molecular weight is 246 g/mol. The lowest BCUT2D eigenvalue weighted by atomic mass is 9.98. The Morgan fingerprint density at radius 1 is 1.29 bits per heavy atom. The van der Waals surface area contributed by atoms with Gasteiger partial charge in [-0.3, -0.25) is 0 Å². The van der Waals surface area contributed by atoms with Crippen LogP contribution in [0.5, 0.6) is 0 Å². The van der Waals surface area contributed by atoms with Crippen LogP contribution in [0.4, 0.5) is 0 Å². The Bertz CT molecular complexity index is 319. The molecule has 17 heavy (non-hydrogen) atoms. The number of fused-ring (bicyclic) bond motifs is 3. The molecule has 0 spiro atoms. The van der Waals surface area contributed by atoms with Gasteiger partial charge in [0.15, 0.2) is 12.1 Å². The fraction of sp³-hybridized carbons (Fsp3) is 1.00. The second kappa shape index (κ2) is 3.63. The normalized spacial score (nSPS) is 52.2. The molecule has 3 aliphatic rings. The molecular weight excluding hydrogens is 228 g/mol. The monoisotopic (exact) mass is 246 g/mol. The van der Waals surface area contributed by atoms with Crippen molar-refractivity contribution in [3.8, 4) is 0 Å². The molecule has 1 N–H and O–H groups in total. The second-order valence-electron chi connectivity index (χ2n) is 5.16. The van der Waals surface area contributed by atoms with E-state index in [1.54, 1.807) is 13.8 Å². The van der Waals surface area contributed by atoms with Crippen LogP contribution < -0.4 is 0 Å². The van der Waals surface area contributed by atoms with Gasteiger partial charge in [-0.25, -0.2) is 0 Å². The van der Waals surface area contributed by atoms with E-state index in [0.29, 0.717) is 6.61 Å². The molecular formula is C11H18O6. The van der Waals surface area contributed by atoms with Crippen molar-refractivity contribution < 1.29 is 28.8 Å². The number of hydrogen-bond donors (Lipinski definition) is 1. The summed E-state index contributed by atoms with van der Waals surface area (Å²) in [7, 11) is 0. The van der Waals surface area contributed by atoms with Gasteiger partial charge in [0.25, 0.3) is 0 Å². The summed E-state index contributed by atoms with van der Waals surface area (Å²) in [4.78, 5) is 0. The summed E-state index contributed by atoms with van der Waals surface area (Å²) in [6.45, 7) is 5.49. The first-order valence-electron chi connectivity index (χ1n) is 5.89. The molecule has 0 amide bonds. The van der Waals surface area contributed by atoms with E-state index in [1.807, 2.05) is 6.92 Å². The lowest BCUT2D eigenvalue weighted by Crippen LogP contribution is -2.60. The summed E-state index contributed by atoms with van der Waals surface area (Å²) in [5.41, 5.74) is 0. The second-order valence-corrected chi connectivity index (χ2v) is 5.16. The molecule has 3 saturated heterocycles. The van der Waals surface area contributed by atoms with Crippen molar-refractivity contribution in [2.45, 2.75) is 56.9 Å². The predicted octanol–water partition coefficient (Wildman–Crippen LogP) is -0.0133. The smallest absolute Gasteiger partial charge is 0.224 e. The van der Waals surface area contributed by atoms with Crippen molar-refractivity contribution in [2.24, 2.45) is 0 Å². The molecule has 3 unspecified atom stereocenters. The summed E-state index contributed by atoms with van der Waals surface area (Å²) < 4.78 is 28.4. The molecule has 3 heterocycles. The van der Waals surface area contributed by atoms with Gasteiger partial charge in [0, 0.05) is 0 Å². The Labute approximate surface area is 99.7 Å². The van der Waals surface area contributed by atoms with E-state index in [-0.39, 0.29) is 25.1 Å². The minimum atomic E-state index is -1.13. The van der Waals surface area contributed by atoms with Gasteiger partial charge in [-0.15, -0.1) is 0 Å². The molecule has 0 aliphatic carbocycles. The molecule has 0 radical (unpaired) electrons. The molecule has 3 aliphatic heterocycles. The van der Waals surface area contributed by atoms with Gasteiger partial charge in [0.2, 0.25) is 5.79 Å². The standard InChI is InChI=1S/C11H18O6/c1-6-14-7-4-13-11(5-12)9(8(7)15-6)16-10(2,3)17-11/h6-9,12H,4-5H2,1-3H3/t6?,7-,8?,9?,11+/m1/s1. The van der Waals surface area contributed by atoms with Crippen molar-refractivity contribution in [2.75, 3.05) is 13.2 Å². The van der Waals surface area contributed by atoms with E-state index in [9.17, 15) is 5.11 Å². The van der Waals surface area contributed by atoms with Crippen LogP contribution in [0.25, 0.3) is 0 Å². The summed E-state index contributed by atoms with van der Waals surface area (Å²) in [5, 5.41) is 9.54. The quantitative estimate of drug-likeness (QED) is 0.701. The summed E-state index contributed by atoms with van der Waals surface area (Å²) in [5.74, 6) is -1.92. The Balaban J connectivity index is 1.89. The summed E-state index contributed by atoms with van der Waals surface area (Å²) in [6, 6.07) is 0. The molecule has 0 aromatic rings. The molecule has 6 nitrogen and oxygen atoms in total. The zero-order chi connectivity index (χ0) is 12.3. The molecule has 6 heteroatoms. The highest BCUT2D eigenvalue weighted by Gasteiger charge is 2.63. The van der Waals surface area contributed by atoms with E-state index < -0.39 is 17.7 Å². The number of rotatable bonds is 1. The highest BCUT2D eigenvalue weighted by molar-refractivity contribution is 5.01. The molecule has 0 aromatic heterocycles. The van der Waals surface area contributed by atoms with Gasteiger partial charge >= 0.3 is 0 Å². The first-order chi connectivity index (χ1) is 7.96. The van der Waals surface area contributed by atoms with Gasteiger partial charge in [0.05, 0.1) is 6.61 Å². The van der Waals surface area contributed by atoms with Gasteiger partial charge in [-0.2, -0.15) is 0 Å². The first kappa shape index (κ1) is 11.8. The van der Waals surface area contributed by atoms with E-state index in [1.165, 1.54) is 0 Å². The first-order valence-corrected chi connectivity index (χ1v) is 5.89. The third kappa shape index (κ3) is 1.71. The van der Waals surface area contributed by atoms with Crippen LogP contribution in [-0.4, -0.2) is 54.5 Å². The van der Waals surface area contributed by atoms with E-state index >= 15 is 0 Å². The van der Waals surface area contributed by atoms with Crippen molar-refractivity contribution in [3.63, 3.8) is 0 Å². The maximum absolute atomic E-state index is 9.54. The average Bonchev–Trinajstić information content (AvgIpc) is 2.74. The van der Waals surface area contributed by atoms with Crippen molar-refractivity contribution in [1.82, 2.24) is 0 Å². The zero-order valence-corrected chi connectivity index (χ0v) is 10.2. The molecule has 3 rings (SSSR count). The molecule has 0 bridgehead atoms. The maximum atomic E-state index is 9.54. The highest BCUT2D eigenvalue weighted by atomic mass is 16.9. The fourth-order valence-corrected chi connectivity index (χ4v) is 2.78. The molecule has 3 fully saturated rings. The largest absolute Gasteiger partial charge is 0.391 e. The van der Waals surface area contributed by atoms with Crippen LogP contribution >= 0.6 is 0 Å². The van der Waals surface area contributed by atoms with Crippen molar-refractivity contribution in [1.29, 1.82) is 0 Å². The summed E-state index contributed by atoms with van der Waals surface area (Å²) >= 11 is 0. The van der Waals surface area contributed by atoms with Crippen molar-refractivity contribution in [3.05, 3.63) is 0 Å². The van der Waals surface area contributed by atoms with Crippen LogP contribution in [0.15, 0.2) is 0 Å². The van der Waals surface area contributed by atoms with Gasteiger partial charge < -0.3 is 28.8 Å². The fourth-order valence-electron chi connectivity index (χ4n) is 2.78.